The molecule has 1 aromatic heterocycles. The zero-order valence-corrected chi connectivity index (χ0v) is 16.0. The summed E-state index contributed by atoms with van der Waals surface area (Å²) in [5.74, 6) is 0.954. The number of unbranched alkanes of at least 4 members (excludes halogenated alkanes) is 1. The van der Waals surface area contributed by atoms with Crippen LogP contribution in [-0.4, -0.2) is 42.1 Å². The highest BCUT2D eigenvalue weighted by Gasteiger charge is 2.15. The summed E-state index contributed by atoms with van der Waals surface area (Å²) in [6.07, 6.45) is 7.14. The molecule has 0 spiro atoms. The number of benzene rings is 1. The predicted octanol–water partition coefficient (Wildman–Crippen LogP) is 2.99. The summed E-state index contributed by atoms with van der Waals surface area (Å²) in [5.41, 5.74) is 2.79. The Hall–Kier alpha value is -2.82. The summed E-state index contributed by atoms with van der Waals surface area (Å²) in [6.45, 7) is 3.47. The van der Waals surface area contributed by atoms with Gasteiger partial charge >= 0.3 is 0 Å². The predicted molar refractivity (Wildman–Crippen MR) is 112 cm³/mol. The maximum atomic E-state index is 11.7. The van der Waals surface area contributed by atoms with Crippen LogP contribution in [0.25, 0.3) is 5.57 Å². The number of aryl methyl sites for hydroxylation is 1. The van der Waals surface area contributed by atoms with E-state index in [-0.39, 0.29) is 5.56 Å². The molecule has 0 saturated carbocycles. The Morgan fingerprint density at radius 2 is 1.93 bits per heavy atom. The van der Waals surface area contributed by atoms with Crippen molar-refractivity contribution in [2.45, 2.75) is 25.8 Å². The standard InChI is InChI=1S/C22H28N4O/c1-23-22(24-14-6-8-16-25-15-7-5-11-21(25)27)26-17-12-20(13-18-26)19-9-3-2-4-10-19/h2-5,7,9-12,15H,6,8,13-14,16-18H2,1H3,(H,23,24). The molecule has 5 heteroatoms. The molecule has 0 aliphatic carbocycles. The molecule has 1 N–H and O–H groups in total. The summed E-state index contributed by atoms with van der Waals surface area (Å²) in [5, 5.41) is 3.45. The number of aromatic nitrogens is 1. The van der Waals surface area contributed by atoms with Gasteiger partial charge in [-0.05, 0) is 36.5 Å². The molecule has 1 aliphatic rings. The SMILES string of the molecule is CN=C(NCCCCn1ccccc1=O)N1CC=C(c2ccccc2)CC1. The highest BCUT2D eigenvalue weighted by molar-refractivity contribution is 5.81. The van der Waals surface area contributed by atoms with E-state index in [1.165, 1.54) is 11.1 Å². The lowest BCUT2D eigenvalue weighted by Crippen LogP contribution is -2.43. The molecule has 142 valence electrons. The van der Waals surface area contributed by atoms with Crippen LogP contribution < -0.4 is 10.9 Å². The van der Waals surface area contributed by atoms with Crippen LogP contribution >= 0.6 is 0 Å². The third-order valence-corrected chi connectivity index (χ3v) is 4.87. The molecule has 0 atom stereocenters. The van der Waals surface area contributed by atoms with E-state index in [1.807, 2.05) is 19.3 Å². The van der Waals surface area contributed by atoms with E-state index in [2.05, 4.69) is 51.6 Å². The van der Waals surface area contributed by atoms with Gasteiger partial charge in [0, 0.05) is 45.5 Å². The van der Waals surface area contributed by atoms with Crippen molar-refractivity contribution >= 4 is 11.5 Å². The number of pyridine rings is 1. The Morgan fingerprint density at radius 3 is 2.63 bits per heavy atom. The Bertz CT molecular complexity index is 839. The number of hydrogen-bond acceptors (Lipinski definition) is 2. The average molecular weight is 364 g/mol. The quantitative estimate of drug-likeness (QED) is 0.487. The van der Waals surface area contributed by atoms with Crippen LogP contribution in [0, 0.1) is 0 Å². The highest BCUT2D eigenvalue weighted by Crippen LogP contribution is 2.21. The Kier molecular flexibility index (Phi) is 6.85. The molecule has 0 amide bonds. The van der Waals surface area contributed by atoms with Crippen molar-refractivity contribution in [3.05, 3.63) is 76.7 Å². The molecule has 3 rings (SSSR count). The lowest BCUT2D eigenvalue weighted by Gasteiger charge is -2.29. The van der Waals surface area contributed by atoms with Crippen molar-refractivity contribution < 1.29 is 0 Å². The molecule has 1 aromatic carbocycles. The Labute approximate surface area is 161 Å². The summed E-state index contributed by atoms with van der Waals surface area (Å²) in [4.78, 5) is 18.4. The highest BCUT2D eigenvalue weighted by atomic mass is 16.1. The number of guanidine groups is 1. The van der Waals surface area contributed by atoms with Crippen LogP contribution in [0.15, 0.2) is 70.6 Å². The van der Waals surface area contributed by atoms with E-state index < -0.39 is 0 Å². The molecule has 0 radical (unpaired) electrons. The van der Waals surface area contributed by atoms with Gasteiger partial charge in [-0.1, -0.05) is 42.5 Å². The monoisotopic (exact) mass is 364 g/mol. The van der Waals surface area contributed by atoms with Crippen molar-refractivity contribution in [1.29, 1.82) is 0 Å². The number of rotatable bonds is 6. The third kappa shape index (κ3) is 5.33. The normalized spacial score (nSPS) is 14.8. The zero-order chi connectivity index (χ0) is 18.9. The van der Waals surface area contributed by atoms with E-state index >= 15 is 0 Å². The molecule has 27 heavy (non-hydrogen) atoms. The van der Waals surface area contributed by atoms with Gasteiger partial charge in [0.2, 0.25) is 5.56 Å². The van der Waals surface area contributed by atoms with Gasteiger partial charge in [0.1, 0.15) is 0 Å². The van der Waals surface area contributed by atoms with Crippen LogP contribution in [0.2, 0.25) is 0 Å². The van der Waals surface area contributed by atoms with Crippen molar-refractivity contribution in [1.82, 2.24) is 14.8 Å². The van der Waals surface area contributed by atoms with Crippen LogP contribution in [0.1, 0.15) is 24.8 Å². The van der Waals surface area contributed by atoms with Crippen LogP contribution in [0.3, 0.4) is 0 Å². The maximum Gasteiger partial charge on any atom is 0.250 e. The second-order valence-corrected chi connectivity index (χ2v) is 6.70. The Balaban J connectivity index is 1.43. The summed E-state index contributed by atoms with van der Waals surface area (Å²) in [6, 6.07) is 15.9. The molecule has 1 aliphatic heterocycles. The van der Waals surface area contributed by atoms with Crippen molar-refractivity contribution in [2.24, 2.45) is 4.99 Å². The molecule has 0 unspecified atom stereocenters. The molecule has 0 fully saturated rings. The maximum absolute atomic E-state index is 11.7. The van der Waals surface area contributed by atoms with Gasteiger partial charge in [0.05, 0.1) is 0 Å². The number of hydrogen-bond donors (Lipinski definition) is 1. The smallest absolute Gasteiger partial charge is 0.250 e. The van der Waals surface area contributed by atoms with Gasteiger partial charge in [0.25, 0.3) is 0 Å². The van der Waals surface area contributed by atoms with E-state index in [1.54, 1.807) is 16.7 Å². The summed E-state index contributed by atoms with van der Waals surface area (Å²) < 4.78 is 1.76. The molecular formula is C22H28N4O. The minimum Gasteiger partial charge on any atom is -0.356 e. The molecular weight excluding hydrogens is 336 g/mol. The molecule has 2 aromatic rings. The second-order valence-electron chi connectivity index (χ2n) is 6.70. The van der Waals surface area contributed by atoms with E-state index in [0.29, 0.717) is 0 Å². The van der Waals surface area contributed by atoms with Crippen LogP contribution in [-0.2, 0) is 6.54 Å². The first-order chi connectivity index (χ1) is 13.3. The molecule has 2 heterocycles. The molecule has 5 nitrogen and oxygen atoms in total. The van der Waals surface area contributed by atoms with Gasteiger partial charge in [-0.15, -0.1) is 0 Å². The fraction of sp³-hybridized carbons (Fsp3) is 0.364. The van der Waals surface area contributed by atoms with Crippen molar-refractivity contribution in [3.8, 4) is 0 Å². The number of nitrogens with zero attached hydrogens (tertiary/aromatic N) is 3. The molecule has 0 saturated heterocycles. The van der Waals surface area contributed by atoms with Crippen molar-refractivity contribution in [3.63, 3.8) is 0 Å². The van der Waals surface area contributed by atoms with Crippen LogP contribution in [0.4, 0.5) is 0 Å². The molecule has 0 bridgehead atoms. The van der Waals surface area contributed by atoms with E-state index in [4.69, 9.17) is 0 Å². The van der Waals surface area contributed by atoms with Crippen LogP contribution in [0.5, 0.6) is 0 Å². The topological polar surface area (TPSA) is 49.6 Å². The lowest BCUT2D eigenvalue weighted by molar-refractivity contribution is 0.438. The minimum atomic E-state index is 0.0654. The number of nitrogens with one attached hydrogen (secondary N) is 1. The number of aliphatic imine (C=N–C) groups is 1. The van der Waals surface area contributed by atoms with Crippen molar-refractivity contribution in [2.75, 3.05) is 26.7 Å². The van der Waals surface area contributed by atoms with Gasteiger partial charge in [-0.3, -0.25) is 9.79 Å². The minimum absolute atomic E-state index is 0.0654. The zero-order valence-electron chi connectivity index (χ0n) is 16.0. The van der Waals surface area contributed by atoms with E-state index in [9.17, 15) is 4.79 Å². The second kappa shape index (κ2) is 9.76. The fourth-order valence-corrected chi connectivity index (χ4v) is 3.36. The first kappa shape index (κ1) is 19.0. The van der Waals surface area contributed by atoms with Gasteiger partial charge in [-0.2, -0.15) is 0 Å². The van der Waals surface area contributed by atoms with Gasteiger partial charge in [-0.25, -0.2) is 0 Å². The third-order valence-electron chi connectivity index (χ3n) is 4.87. The fourth-order valence-electron chi connectivity index (χ4n) is 3.36. The Morgan fingerprint density at radius 1 is 1.11 bits per heavy atom. The first-order valence-corrected chi connectivity index (χ1v) is 9.63. The first-order valence-electron chi connectivity index (χ1n) is 9.63. The lowest BCUT2D eigenvalue weighted by atomic mass is 10.00. The van der Waals surface area contributed by atoms with E-state index in [0.717, 1.165) is 51.4 Å². The summed E-state index contributed by atoms with van der Waals surface area (Å²) in [7, 11) is 1.84. The average Bonchev–Trinajstić information content (AvgIpc) is 2.73. The van der Waals surface area contributed by atoms with Gasteiger partial charge in [0.15, 0.2) is 5.96 Å². The largest absolute Gasteiger partial charge is 0.356 e. The summed E-state index contributed by atoms with van der Waals surface area (Å²) >= 11 is 0. The van der Waals surface area contributed by atoms with Gasteiger partial charge < -0.3 is 14.8 Å².